The van der Waals surface area contributed by atoms with E-state index < -0.39 is 5.60 Å². The van der Waals surface area contributed by atoms with Crippen molar-refractivity contribution in [1.29, 1.82) is 0 Å². The van der Waals surface area contributed by atoms with E-state index in [1.807, 2.05) is 4.90 Å². The summed E-state index contributed by atoms with van der Waals surface area (Å²) in [6, 6.07) is 11.6. The van der Waals surface area contributed by atoms with Gasteiger partial charge in [-0.1, -0.05) is 23.7 Å². The van der Waals surface area contributed by atoms with Crippen molar-refractivity contribution >= 4 is 34.8 Å². The topological polar surface area (TPSA) is 53.1 Å². The predicted octanol–water partition coefficient (Wildman–Crippen LogP) is 4.20. The molecule has 2 aromatic carbocycles. The Kier molecular flexibility index (Phi) is 6.08. The van der Waals surface area contributed by atoms with Gasteiger partial charge in [0, 0.05) is 49.9 Å². The van der Waals surface area contributed by atoms with Crippen LogP contribution in [0.2, 0.25) is 5.02 Å². The Morgan fingerprint density at radius 3 is 2.50 bits per heavy atom. The van der Waals surface area contributed by atoms with Crippen LogP contribution in [0.5, 0.6) is 5.75 Å². The lowest BCUT2D eigenvalue weighted by atomic mass is 10.0. The fraction of sp³-hybridized carbons (Fsp3) is 0.440. The Bertz CT molecular complexity index is 1040. The minimum absolute atomic E-state index is 0.0614. The van der Waals surface area contributed by atoms with Gasteiger partial charge in [-0.25, -0.2) is 0 Å². The normalized spacial score (nSPS) is 17.8. The third kappa shape index (κ3) is 4.29. The van der Waals surface area contributed by atoms with Gasteiger partial charge in [0.2, 0.25) is 5.91 Å². The highest BCUT2D eigenvalue weighted by atomic mass is 35.5. The molecule has 2 heterocycles. The van der Waals surface area contributed by atoms with E-state index in [-0.39, 0.29) is 18.2 Å². The summed E-state index contributed by atoms with van der Waals surface area (Å²) in [4.78, 5) is 31.8. The number of carbonyl (C=O) groups is 2. The van der Waals surface area contributed by atoms with E-state index in [1.165, 1.54) is 16.8 Å². The molecule has 0 atom stereocenters. The molecule has 32 heavy (non-hydrogen) atoms. The Morgan fingerprint density at radius 1 is 1.06 bits per heavy atom. The van der Waals surface area contributed by atoms with E-state index in [0.717, 1.165) is 13.1 Å². The molecule has 1 fully saturated rings. The summed E-state index contributed by atoms with van der Waals surface area (Å²) < 4.78 is 5.86. The van der Waals surface area contributed by atoms with E-state index >= 15 is 0 Å². The van der Waals surface area contributed by atoms with Crippen LogP contribution in [0.4, 0.5) is 11.4 Å². The van der Waals surface area contributed by atoms with Crippen LogP contribution in [-0.4, -0.2) is 55.0 Å². The zero-order valence-corrected chi connectivity index (χ0v) is 19.9. The molecule has 2 aliphatic rings. The van der Waals surface area contributed by atoms with Gasteiger partial charge >= 0.3 is 0 Å². The molecule has 2 aromatic rings. The monoisotopic (exact) mass is 455 g/mol. The van der Waals surface area contributed by atoms with Gasteiger partial charge in [-0.3, -0.25) is 9.59 Å². The Morgan fingerprint density at radius 2 is 1.78 bits per heavy atom. The van der Waals surface area contributed by atoms with Crippen molar-refractivity contribution in [2.24, 2.45) is 0 Å². The van der Waals surface area contributed by atoms with Gasteiger partial charge in [0.05, 0.1) is 5.69 Å². The first-order valence-electron chi connectivity index (χ1n) is 11.1. The number of anilines is 2. The van der Waals surface area contributed by atoms with Crippen LogP contribution in [0.3, 0.4) is 0 Å². The summed E-state index contributed by atoms with van der Waals surface area (Å²) in [7, 11) is 0. The summed E-state index contributed by atoms with van der Waals surface area (Å²) >= 11 is 6.16. The van der Waals surface area contributed by atoms with Crippen LogP contribution in [0, 0.1) is 13.8 Å². The first-order chi connectivity index (χ1) is 15.2. The molecule has 2 amide bonds. The van der Waals surface area contributed by atoms with Crippen molar-refractivity contribution in [3.05, 3.63) is 52.5 Å². The highest BCUT2D eigenvalue weighted by molar-refractivity contribution is 6.31. The van der Waals surface area contributed by atoms with Gasteiger partial charge in [0.1, 0.15) is 5.75 Å². The predicted molar refractivity (Wildman–Crippen MR) is 128 cm³/mol. The number of ether oxygens (including phenoxy) is 1. The number of halogens is 1. The third-order valence-electron chi connectivity index (χ3n) is 6.44. The first kappa shape index (κ1) is 22.5. The molecule has 0 bridgehead atoms. The molecule has 0 aromatic heterocycles. The standard InChI is InChI=1S/C25H30ClN3O3/c1-17-6-5-7-20(18(17)2)27-12-14-28(15-13-27)23(30)10-11-29-21-16-19(26)8-9-22(21)32-25(3,4)24(29)31/h5-9,16H,10-15H2,1-4H3. The maximum absolute atomic E-state index is 13.0. The summed E-state index contributed by atoms with van der Waals surface area (Å²) in [5, 5.41) is 0.527. The molecule has 7 heteroatoms. The summed E-state index contributed by atoms with van der Waals surface area (Å²) in [5.74, 6) is 0.500. The molecular weight excluding hydrogens is 426 g/mol. The zero-order chi connectivity index (χ0) is 23.0. The highest BCUT2D eigenvalue weighted by Gasteiger charge is 2.41. The number of nitrogens with zero attached hydrogens (tertiary/aromatic N) is 3. The summed E-state index contributed by atoms with van der Waals surface area (Å²) in [5.41, 5.74) is 3.44. The number of piperazine rings is 1. The van der Waals surface area contributed by atoms with E-state index in [4.69, 9.17) is 16.3 Å². The number of rotatable bonds is 4. The number of hydrogen-bond donors (Lipinski definition) is 0. The lowest BCUT2D eigenvalue weighted by Gasteiger charge is -2.40. The molecule has 0 radical (unpaired) electrons. The molecule has 0 spiro atoms. The molecule has 0 N–H and O–H groups in total. The van der Waals surface area contributed by atoms with Crippen molar-refractivity contribution in [1.82, 2.24) is 4.90 Å². The average molecular weight is 456 g/mol. The minimum atomic E-state index is -0.985. The second-order valence-corrected chi connectivity index (χ2v) is 9.45. The Balaban J connectivity index is 1.40. The molecular formula is C25H30ClN3O3. The molecule has 170 valence electrons. The number of amides is 2. The molecule has 6 nitrogen and oxygen atoms in total. The number of aryl methyl sites for hydroxylation is 1. The first-order valence-corrected chi connectivity index (χ1v) is 11.4. The average Bonchev–Trinajstić information content (AvgIpc) is 2.76. The van der Waals surface area contributed by atoms with Crippen molar-refractivity contribution in [2.75, 3.05) is 42.5 Å². The second-order valence-electron chi connectivity index (χ2n) is 9.02. The van der Waals surface area contributed by atoms with Crippen molar-refractivity contribution in [3.63, 3.8) is 0 Å². The van der Waals surface area contributed by atoms with Crippen LogP contribution in [-0.2, 0) is 9.59 Å². The van der Waals surface area contributed by atoms with Gasteiger partial charge in [-0.2, -0.15) is 0 Å². The minimum Gasteiger partial charge on any atom is -0.476 e. The third-order valence-corrected chi connectivity index (χ3v) is 6.67. The molecule has 0 saturated carbocycles. The Labute approximate surface area is 194 Å². The second kappa shape index (κ2) is 8.66. The van der Waals surface area contributed by atoms with E-state index in [9.17, 15) is 9.59 Å². The van der Waals surface area contributed by atoms with Gasteiger partial charge in [-0.15, -0.1) is 0 Å². The number of fused-ring (bicyclic) bond motifs is 1. The Hall–Kier alpha value is -2.73. The van der Waals surface area contributed by atoms with E-state index in [2.05, 4.69) is 36.9 Å². The fourth-order valence-corrected chi connectivity index (χ4v) is 4.57. The highest BCUT2D eigenvalue weighted by Crippen LogP contribution is 2.39. The molecule has 1 saturated heterocycles. The lowest BCUT2D eigenvalue weighted by Crippen LogP contribution is -2.54. The van der Waals surface area contributed by atoms with E-state index in [1.54, 1.807) is 36.9 Å². The maximum Gasteiger partial charge on any atom is 0.270 e. The quantitative estimate of drug-likeness (QED) is 0.693. The van der Waals surface area contributed by atoms with Crippen LogP contribution in [0.1, 0.15) is 31.4 Å². The molecule has 2 aliphatic heterocycles. The fourth-order valence-electron chi connectivity index (χ4n) is 4.40. The smallest absolute Gasteiger partial charge is 0.270 e. The van der Waals surface area contributed by atoms with Crippen LogP contribution < -0.4 is 14.5 Å². The van der Waals surface area contributed by atoms with Gasteiger partial charge in [-0.05, 0) is 63.1 Å². The van der Waals surface area contributed by atoms with Crippen LogP contribution in [0.15, 0.2) is 36.4 Å². The van der Waals surface area contributed by atoms with Crippen molar-refractivity contribution in [2.45, 2.75) is 39.7 Å². The zero-order valence-electron chi connectivity index (χ0n) is 19.2. The summed E-state index contributed by atoms with van der Waals surface area (Å²) in [6.07, 6.45) is 0.261. The summed E-state index contributed by atoms with van der Waals surface area (Å²) in [6.45, 7) is 11.0. The van der Waals surface area contributed by atoms with Crippen molar-refractivity contribution < 1.29 is 14.3 Å². The van der Waals surface area contributed by atoms with Gasteiger partial charge in [0.25, 0.3) is 5.91 Å². The lowest BCUT2D eigenvalue weighted by molar-refractivity contribution is -0.133. The van der Waals surface area contributed by atoms with Crippen LogP contribution >= 0.6 is 11.6 Å². The SMILES string of the molecule is Cc1cccc(N2CCN(C(=O)CCN3C(=O)C(C)(C)Oc4ccc(Cl)cc43)CC2)c1C. The molecule has 4 rings (SSSR count). The number of carbonyl (C=O) groups excluding carboxylic acids is 2. The van der Waals surface area contributed by atoms with Gasteiger partial charge in [0.15, 0.2) is 5.60 Å². The molecule has 0 aliphatic carbocycles. The van der Waals surface area contributed by atoms with Crippen LogP contribution in [0.25, 0.3) is 0 Å². The van der Waals surface area contributed by atoms with Crippen molar-refractivity contribution in [3.8, 4) is 5.75 Å². The number of hydrogen-bond acceptors (Lipinski definition) is 4. The van der Waals surface area contributed by atoms with E-state index in [0.29, 0.717) is 36.1 Å². The molecule has 0 unspecified atom stereocenters. The largest absolute Gasteiger partial charge is 0.476 e. The maximum atomic E-state index is 13.0. The number of benzene rings is 2. The van der Waals surface area contributed by atoms with Gasteiger partial charge < -0.3 is 19.4 Å².